The first kappa shape index (κ1) is 17.6. The van der Waals surface area contributed by atoms with E-state index in [1.54, 1.807) is 12.3 Å². The zero-order valence-electron chi connectivity index (χ0n) is 14.6. The molecule has 7 heteroatoms. The van der Waals surface area contributed by atoms with Crippen molar-refractivity contribution in [3.63, 3.8) is 0 Å². The molecule has 25 heavy (non-hydrogen) atoms. The number of nitriles is 1. The first-order chi connectivity index (χ1) is 12.2. The molecular weight excluding hydrogens is 318 g/mol. The Hall–Kier alpha value is -2.17. The number of morpholine rings is 1. The predicted octanol–water partition coefficient (Wildman–Crippen LogP) is 0.934. The van der Waals surface area contributed by atoms with Crippen LogP contribution in [0.1, 0.15) is 18.9 Å². The van der Waals surface area contributed by atoms with Gasteiger partial charge in [-0.15, -0.1) is 0 Å². The molecular formula is C18H25N5O2. The fraction of sp³-hybridized carbons (Fsp3) is 0.611. The Bertz CT molecular complexity index is 621. The van der Waals surface area contributed by atoms with Gasteiger partial charge < -0.3 is 15.0 Å². The molecule has 2 atom stereocenters. The molecule has 1 aromatic rings. The van der Waals surface area contributed by atoms with E-state index in [1.807, 2.05) is 17.9 Å². The second-order valence-electron chi connectivity index (χ2n) is 6.69. The third kappa shape index (κ3) is 4.47. The van der Waals surface area contributed by atoms with Crippen LogP contribution in [-0.4, -0.2) is 72.7 Å². The van der Waals surface area contributed by atoms with E-state index < -0.39 is 0 Å². The molecule has 0 spiro atoms. The van der Waals surface area contributed by atoms with Crippen molar-refractivity contribution in [1.82, 2.24) is 14.8 Å². The van der Waals surface area contributed by atoms with Crippen molar-refractivity contribution in [3.8, 4) is 6.07 Å². The lowest BCUT2D eigenvalue weighted by Crippen LogP contribution is -2.50. The van der Waals surface area contributed by atoms with E-state index in [4.69, 9.17) is 10.00 Å². The van der Waals surface area contributed by atoms with E-state index >= 15 is 0 Å². The van der Waals surface area contributed by atoms with Gasteiger partial charge in [0, 0.05) is 32.4 Å². The van der Waals surface area contributed by atoms with Gasteiger partial charge in [-0.3, -0.25) is 9.69 Å². The highest BCUT2D eigenvalue weighted by atomic mass is 16.5. The Morgan fingerprint density at radius 3 is 2.92 bits per heavy atom. The SMILES string of the molecule is CC(C(=O)N1CCOCC1)N1CCC(CNc2ccc(C#N)cn2)C1. The van der Waals surface area contributed by atoms with Crippen molar-refractivity contribution < 1.29 is 9.53 Å². The third-order valence-corrected chi connectivity index (χ3v) is 5.01. The molecule has 7 nitrogen and oxygen atoms in total. The molecule has 3 rings (SSSR count). The standard InChI is InChI=1S/C18H25N5O2/c1-14(18(24)22-6-8-25-9-7-22)23-5-4-16(13-23)12-21-17-3-2-15(10-19)11-20-17/h2-3,11,14,16H,4-9,12-13H2,1H3,(H,20,21). The van der Waals surface area contributed by atoms with Crippen molar-refractivity contribution in [2.75, 3.05) is 51.3 Å². The summed E-state index contributed by atoms with van der Waals surface area (Å²) in [6, 6.07) is 5.59. The average Bonchev–Trinajstić information content (AvgIpc) is 3.15. The van der Waals surface area contributed by atoms with Crippen molar-refractivity contribution in [1.29, 1.82) is 5.26 Å². The van der Waals surface area contributed by atoms with Crippen LogP contribution in [-0.2, 0) is 9.53 Å². The van der Waals surface area contributed by atoms with Gasteiger partial charge in [-0.25, -0.2) is 4.98 Å². The number of nitrogens with one attached hydrogen (secondary N) is 1. The molecule has 0 aliphatic carbocycles. The minimum atomic E-state index is -0.0730. The number of likely N-dealkylation sites (tertiary alicyclic amines) is 1. The van der Waals surface area contributed by atoms with Crippen LogP contribution in [0.4, 0.5) is 5.82 Å². The molecule has 0 saturated carbocycles. The number of ether oxygens (including phenoxy) is 1. The topological polar surface area (TPSA) is 81.5 Å². The van der Waals surface area contributed by atoms with Gasteiger partial charge in [0.25, 0.3) is 0 Å². The minimum absolute atomic E-state index is 0.0730. The zero-order chi connectivity index (χ0) is 17.6. The van der Waals surface area contributed by atoms with Gasteiger partial charge in [0.05, 0.1) is 24.8 Å². The summed E-state index contributed by atoms with van der Waals surface area (Å²) < 4.78 is 5.32. The molecule has 2 fully saturated rings. The maximum atomic E-state index is 12.6. The van der Waals surface area contributed by atoms with Crippen LogP contribution in [0.2, 0.25) is 0 Å². The van der Waals surface area contributed by atoms with Crippen LogP contribution in [0.3, 0.4) is 0 Å². The van der Waals surface area contributed by atoms with Gasteiger partial charge in [-0.05, 0) is 37.9 Å². The van der Waals surface area contributed by atoms with Gasteiger partial charge in [0.15, 0.2) is 0 Å². The molecule has 2 aliphatic heterocycles. The summed E-state index contributed by atoms with van der Waals surface area (Å²) in [5, 5.41) is 12.1. The molecule has 1 N–H and O–H groups in total. The lowest BCUT2D eigenvalue weighted by Gasteiger charge is -2.32. The van der Waals surface area contributed by atoms with Gasteiger partial charge in [0.2, 0.25) is 5.91 Å². The quantitative estimate of drug-likeness (QED) is 0.857. The van der Waals surface area contributed by atoms with Gasteiger partial charge in [-0.2, -0.15) is 5.26 Å². The number of carbonyl (C=O) groups excluding carboxylic acids is 1. The van der Waals surface area contributed by atoms with Crippen molar-refractivity contribution in [2.45, 2.75) is 19.4 Å². The average molecular weight is 343 g/mol. The number of rotatable bonds is 5. The second-order valence-corrected chi connectivity index (χ2v) is 6.69. The van der Waals surface area contributed by atoms with Gasteiger partial charge in [-0.1, -0.05) is 0 Å². The Labute approximate surface area is 148 Å². The number of pyridine rings is 1. The van der Waals surface area contributed by atoms with Crippen LogP contribution in [0.15, 0.2) is 18.3 Å². The fourth-order valence-corrected chi connectivity index (χ4v) is 3.40. The second kappa shape index (κ2) is 8.28. The van der Waals surface area contributed by atoms with E-state index in [-0.39, 0.29) is 11.9 Å². The number of carbonyl (C=O) groups is 1. The normalized spacial score (nSPS) is 22.4. The molecule has 2 saturated heterocycles. The Morgan fingerprint density at radius 2 is 2.24 bits per heavy atom. The van der Waals surface area contributed by atoms with E-state index in [2.05, 4.69) is 21.3 Å². The summed E-state index contributed by atoms with van der Waals surface area (Å²) in [4.78, 5) is 21.0. The largest absolute Gasteiger partial charge is 0.378 e. The molecule has 0 radical (unpaired) electrons. The Balaban J connectivity index is 1.45. The monoisotopic (exact) mass is 343 g/mol. The van der Waals surface area contributed by atoms with E-state index in [0.29, 0.717) is 37.8 Å². The van der Waals surface area contributed by atoms with Crippen molar-refractivity contribution >= 4 is 11.7 Å². The summed E-state index contributed by atoms with van der Waals surface area (Å²) in [5.41, 5.74) is 0.563. The van der Waals surface area contributed by atoms with Crippen LogP contribution in [0.25, 0.3) is 0 Å². The molecule has 2 aliphatic rings. The summed E-state index contributed by atoms with van der Waals surface area (Å²) >= 11 is 0. The fourth-order valence-electron chi connectivity index (χ4n) is 3.40. The maximum absolute atomic E-state index is 12.6. The van der Waals surface area contributed by atoms with Crippen LogP contribution in [0, 0.1) is 17.2 Å². The first-order valence-electron chi connectivity index (χ1n) is 8.88. The first-order valence-corrected chi connectivity index (χ1v) is 8.88. The number of hydrogen-bond donors (Lipinski definition) is 1. The number of nitrogens with zero attached hydrogens (tertiary/aromatic N) is 4. The summed E-state index contributed by atoms with van der Waals surface area (Å²) in [5.74, 6) is 1.50. The summed E-state index contributed by atoms with van der Waals surface area (Å²) in [6.07, 6.45) is 2.65. The molecule has 0 bridgehead atoms. The van der Waals surface area contributed by atoms with Crippen LogP contribution < -0.4 is 5.32 Å². The third-order valence-electron chi connectivity index (χ3n) is 5.01. The lowest BCUT2D eigenvalue weighted by atomic mass is 10.1. The maximum Gasteiger partial charge on any atom is 0.239 e. The molecule has 0 aromatic carbocycles. The minimum Gasteiger partial charge on any atom is -0.378 e. The van der Waals surface area contributed by atoms with Gasteiger partial charge in [0.1, 0.15) is 11.9 Å². The number of hydrogen-bond acceptors (Lipinski definition) is 6. The highest BCUT2D eigenvalue weighted by Gasteiger charge is 2.32. The van der Waals surface area contributed by atoms with Crippen LogP contribution >= 0.6 is 0 Å². The molecule has 134 valence electrons. The van der Waals surface area contributed by atoms with Crippen molar-refractivity contribution in [3.05, 3.63) is 23.9 Å². The van der Waals surface area contributed by atoms with E-state index in [1.165, 1.54) is 0 Å². The van der Waals surface area contributed by atoms with Gasteiger partial charge >= 0.3 is 0 Å². The Kier molecular flexibility index (Phi) is 5.84. The number of aromatic nitrogens is 1. The molecule has 2 unspecified atom stereocenters. The Morgan fingerprint density at radius 1 is 1.44 bits per heavy atom. The number of anilines is 1. The molecule has 1 aromatic heterocycles. The van der Waals surface area contributed by atoms with E-state index in [9.17, 15) is 4.79 Å². The molecule has 3 heterocycles. The summed E-state index contributed by atoms with van der Waals surface area (Å²) in [7, 11) is 0. The zero-order valence-corrected chi connectivity index (χ0v) is 14.6. The molecule has 1 amide bonds. The highest BCUT2D eigenvalue weighted by Crippen LogP contribution is 2.20. The number of amides is 1. The predicted molar refractivity (Wildman–Crippen MR) is 94.0 cm³/mol. The summed E-state index contributed by atoms with van der Waals surface area (Å²) in [6.45, 7) is 7.39. The van der Waals surface area contributed by atoms with E-state index in [0.717, 1.165) is 31.9 Å². The highest BCUT2D eigenvalue weighted by molar-refractivity contribution is 5.81. The lowest BCUT2D eigenvalue weighted by molar-refractivity contribution is -0.140. The van der Waals surface area contributed by atoms with Crippen molar-refractivity contribution in [2.24, 2.45) is 5.92 Å². The smallest absolute Gasteiger partial charge is 0.239 e. The van der Waals surface area contributed by atoms with Crippen LogP contribution in [0.5, 0.6) is 0 Å².